The molecule has 30 heavy (non-hydrogen) atoms. The lowest BCUT2D eigenvalue weighted by atomic mass is 10.2. The maximum atomic E-state index is 13.6. The van der Waals surface area contributed by atoms with E-state index in [1.807, 2.05) is 6.07 Å². The van der Waals surface area contributed by atoms with Crippen molar-refractivity contribution in [3.8, 4) is 17.4 Å². The lowest BCUT2D eigenvalue weighted by molar-refractivity contribution is 0.0915. The van der Waals surface area contributed by atoms with Crippen LogP contribution in [0.5, 0.6) is 17.4 Å². The standard InChI is InChI=1S/C20H24N4O5S/c1-23-11-13(18(22-23)28-4)19(25)24(10-12-6-5-9-29-12)20-21-16-14(26-2)7-8-15(27-3)17(16)30-20/h7-8,11-12H,5-6,9-10H2,1-4H3/t12-/m0/s1. The van der Waals surface area contributed by atoms with E-state index >= 15 is 0 Å². The number of anilines is 1. The molecule has 1 atom stereocenters. The minimum Gasteiger partial charge on any atom is -0.495 e. The third-order valence-electron chi connectivity index (χ3n) is 5.00. The Morgan fingerprint density at radius 2 is 2.03 bits per heavy atom. The van der Waals surface area contributed by atoms with Crippen LogP contribution in [0.3, 0.4) is 0 Å². The molecule has 0 bridgehead atoms. The number of aryl methyl sites for hydroxylation is 1. The van der Waals surface area contributed by atoms with Gasteiger partial charge in [0.2, 0.25) is 5.88 Å². The van der Waals surface area contributed by atoms with Crippen molar-refractivity contribution in [3.05, 3.63) is 23.9 Å². The Bertz CT molecular complexity index is 1020. The zero-order chi connectivity index (χ0) is 21.3. The smallest absolute Gasteiger partial charge is 0.267 e. The third kappa shape index (κ3) is 3.68. The highest BCUT2D eigenvalue weighted by Gasteiger charge is 2.30. The molecule has 4 rings (SSSR count). The highest BCUT2D eigenvalue weighted by atomic mass is 32.1. The molecule has 0 radical (unpaired) electrons. The summed E-state index contributed by atoms with van der Waals surface area (Å²) in [6.45, 7) is 1.09. The molecule has 1 aliphatic rings. The Hall–Kier alpha value is -2.85. The molecule has 0 saturated carbocycles. The van der Waals surface area contributed by atoms with Crippen molar-refractivity contribution in [2.24, 2.45) is 7.05 Å². The largest absolute Gasteiger partial charge is 0.495 e. The molecular weight excluding hydrogens is 408 g/mol. The summed E-state index contributed by atoms with van der Waals surface area (Å²) in [4.78, 5) is 19.9. The molecular formula is C20H24N4O5S. The molecule has 2 aromatic heterocycles. The summed E-state index contributed by atoms with van der Waals surface area (Å²) in [5.41, 5.74) is 1.02. The molecule has 0 N–H and O–H groups in total. The first-order valence-corrected chi connectivity index (χ1v) is 10.4. The van der Waals surface area contributed by atoms with Crippen LogP contribution in [-0.2, 0) is 11.8 Å². The molecule has 10 heteroatoms. The second kappa shape index (κ2) is 8.49. The minimum absolute atomic E-state index is 0.0487. The lowest BCUT2D eigenvalue weighted by Gasteiger charge is -2.22. The summed E-state index contributed by atoms with van der Waals surface area (Å²) in [7, 11) is 6.45. The molecule has 160 valence electrons. The second-order valence-corrected chi connectivity index (χ2v) is 7.90. The summed E-state index contributed by atoms with van der Waals surface area (Å²) in [5, 5.41) is 4.76. The topological polar surface area (TPSA) is 87.9 Å². The van der Waals surface area contributed by atoms with Gasteiger partial charge in [0.05, 0.1) is 34.0 Å². The molecule has 3 heterocycles. The van der Waals surface area contributed by atoms with Crippen LogP contribution in [0.25, 0.3) is 10.2 Å². The number of ether oxygens (including phenoxy) is 4. The van der Waals surface area contributed by atoms with Crippen molar-refractivity contribution in [1.29, 1.82) is 0 Å². The summed E-state index contributed by atoms with van der Waals surface area (Å²) < 4.78 is 24.4. The monoisotopic (exact) mass is 432 g/mol. The lowest BCUT2D eigenvalue weighted by Crippen LogP contribution is -2.37. The van der Waals surface area contributed by atoms with Crippen molar-refractivity contribution in [3.63, 3.8) is 0 Å². The van der Waals surface area contributed by atoms with E-state index in [1.165, 1.54) is 18.4 Å². The molecule has 1 saturated heterocycles. The molecule has 1 aromatic carbocycles. The van der Waals surface area contributed by atoms with Gasteiger partial charge in [0.1, 0.15) is 27.3 Å². The Kier molecular flexibility index (Phi) is 5.78. The summed E-state index contributed by atoms with van der Waals surface area (Å²) in [5.74, 6) is 1.33. The Morgan fingerprint density at radius 3 is 2.70 bits per heavy atom. The van der Waals surface area contributed by atoms with Crippen LogP contribution < -0.4 is 19.1 Å². The summed E-state index contributed by atoms with van der Waals surface area (Å²) in [6.07, 6.45) is 3.47. The van der Waals surface area contributed by atoms with Crippen molar-refractivity contribution in [1.82, 2.24) is 14.8 Å². The van der Waals surface area contributed by atoms with E-state index in [9.17, 15) is 4.79 Å². The van der Waals surface area contributed by atoms with Crippen molar-refractivity contribution in [2.45, 2.75) is 18.9 Å². The predicted molar refractivity (Wildman–Crippen MR) is 113 cm³/mol. The van der Waals surface area contributed by atoms with Crippen LogP contribution in [0.4, 0.5) is 5.13 Å². The van der Waals surface area contributed by atoms with Crippen molar-refractivity contribution < 1.29 is 23.7 Å². The number of hydrogen-bond donors (Lipinski definition) is 0. The van der Waals surface area contributed by atoms with Gasteiger partial charge in [-0.1, -0.05) is 11.3 Å². The average Bonchev–Trinajstić information content (AvgIpc) is 3.49. The molecule has 1 amide bonds. The number of amides is 1. The zero-order valence-corrected chi connectivity index (χ0v) is 18.2. The molecule has 0 aliphatic carbocycles. The van der Waals surface area contributed by atoms with E-state index in [0.717, 1.165) is 17.5 Å². The van der Waals surface area contributed by atoms with Crippen molar-refractivity contribution in [2.75, 3.05) is 39.4 Å². The van der Waals surface area contributed by atoms with Gasteiger partial charge >= 0.3 is 0 Å². The molecule has 0 spiro atoms. The first-order chi connectivity index (χ1) is 14.5. The number of aromatic nitrogens is 3. The second-order valence-electron chi connectivity index (χ2n) is 6.92. The average molecular weight is 433 g/mol. The quantitative estimate of drug-likeness (QED) is 0.567. The molecule has 3 aromatic rings. The van der Waals surface area contributed by atoms with Crippen LogP contribution >= 0.6 is 11.3 Å². The van der Waals surface area contributed by atoms with E-state index in [1.54, 1.807) is 43.1 Å². The fraction of sp³-hybridized carbons (Fsp3) is 0.450. The van der Waals surface area contributed by atoms with E-state index in [0.29, 0.717) is 40.9 Å². The van der Waals surface area contributed by atoms with Crippen molar-refractivity contribution >= 4 is 32.6 Å². The van der Waals surface area contributed by atoms with E-state index in [2.05, 4.69) is 5.10 Å². The van der Waals surface area contributed by atoms with Crippen LogP contribution in [0, 0.1) is 0 Å². The Labute approximate surface area is 178 Å². The van der Waals surface area contributed by atoms with Crippen LogP contribution in [0.15, 0.2) is 18.3 Å². The fourth-order valence-corrected chi connectivity index (χ4v) is 4.62. The zero-order valence-electron chi connectivity index (χ0n) is 17.4. The predicted octanol–water partition coefficient (Wildman–Crippen LogP) is 2.88. The van der Waals surface area contributed by atoms with Gasteiger partial charge in [-0.25, -0.2) is 4.98 Å². The first kappa shape index (κ1) is 20.4. The van der Waals surface area contributed by atoms with Gasteiger partial charge < -0.3 is 18.9 Å². The highest BCUT2D eigenvalue weighted by Crippen LogP contribution is 2.41. The molecule has 9 nitrogen and oxygen atoms in total. The summed E-state index contributed by atoms with van der Waals surface area (Å²) in [6, 6.07) is 3.64. The maximum absolute atomic E-state index is 13.6. The number of methoxy groups -OCH3 is 3. The van der Waals surface area contributed by atoms with E-state index in [-0.39, 0.29) is 17.9 Å². The molecule has 1 fully saturated rings. The van der Waals surface area contributed by atoms with Gasteiger partial charge in [-0.05, 0) is 25.0 Å². The van der Waals surface area contributed by atoms with Gasteiger partial charge in [-0.3, -0.25) is 14.4 Å². The number of nitrogens with zero attached hydrogens (tertiary/aromatic N) is 4. The number of carbonyl (C=O) groups excluding carboxylic acids is 1. The first-order valence-electron chi connectivity index (χ1n) is 9.58. The number of thiazole rings is 1. The SMILES string of the molecule is COc1nn(C)cc1C(=O)N(C[C@@H]1CCCO1)c1nc2c(OC)ccc(OC)c2s1. The normalized spacial score (nSPS) is 16.1. The number of fused-ring (bicyclic) bond motifs is 1. The third-order valence-corrected chi connectivity index (χ3v) is 6.10. The van der Waals surface area contributed by atoms with Gasteiger partial charge in [-0.15, -0.1) is 5.10 Å². The number of hydrogen-bond acceptors (Lipinski definition) is 8. The van der Waals surface area contributed by atoms with Gasteiger partial charge in [-0.2, -0.15) is 0 Å². The van der Waals surface area contributed by atoms with E-state index in [4.69, 9.17) is 23.9 Å². The number of rotatable bonds is 7. The van der Waals surface area contributed by atoms with Crippen LogP contribution in [0.2, 0.25) is 0 Å². The molecule has 0 unspecified atom stereocenters. The number of benzene rings is 1. The van der Waals surface area contributed by atoms with E-state index < -0.39 is 0 Å². The minimum atomic E-state index is -0.243. The highest BCUT2D eigenvalue weighted by molar-refractivity contribution is 7.22. The fourth-order valence-electron chi connectivity index (χ4n) is 3.54. The Morgan fingerprint density at radius 1 is 1.27 bits per heavy atom. The van der Waals surface area contributed by atoms with Gasteiger partial charge in [0.25, 0.3) is 5.91 Å². The maximum Gasteiger partial charge on any atom is 0.267 e. The molecule has 1 aliphatic heterocycles. The Balaban J connectivity index is 1.80. The van der Waals surface area contributed by atoms with Gasteiger partial charge in [0, 0.05) is 19.9 Å². The van der Waals surface area contributed by atoms with Crippen LogP contribution in [-0.4, -0.2) is 61.3 Å². The van der Waals surface area contributed by atoms with Gasteiger partial charge in [0.15, 0.2) is 5.13 Å². The van der Waals surface area contributed by atoms with Crippen LogP contribution in [0.1, 0.15) is 23.2 Å². The summed E-state index contributed by atoms with van der Waals surface area (Å²) >= 11 is 1.38. The number of carbonyl (C=O) groups is 1.